The van der Waals surface area contributed by atoms with Crippen LogP contribution in [0.5, 0.6) is 0 Å². The molecule has 1 fully saturated rings. The molecule has 0 saturated carbocycles. The Morgan fingerprint density at radius 2 is 1.96 bits per heavy atom. The maximum atomic E-state index is 14.1. The van der Waals surface area contributed by atoms with Crippen LogP contribution in [0.4, 0.5) is 14.5 Å². The van der Waals surface area contributed by atoms with Crippen LogP contribution in [0.15, 0.2) is 48.5 Å². The molecule has 1 aliphatic heterocycles. The molecule has 1 atom stereocenters. The summed E-state index contributed by atoms with van der Waals surface area (Å²) in [6.07, 6.45) is 0.651. The van der Waals surface area contributed by atoms with Gasteiger partial charge in [0.05, 0.1) is 0 Å². The molecule has 27 heavy (non-hydrogen) atoms. The Balaban J connectivity index is 1.54. The Labute approximate surface area is 155 Å². The summed E-state index contributed by atoms with van der Waals surface area (Å²) >= 11 is 0. The third kappa shape index (κ3) is 3.47. The number of hydrogen-bond acceptors (Lipinski definition) is 3. The van der Waals surface area contributed by atoms with Crippen molar-refractivity contribution in [3.05, 3.63) is 71.4 Å². The number of aromatic nitrogens is 1. The van der Waals surface area contributed by atoms with E-state index in [2.05, 4.69) is 10.3 Å². The highest BCUT2D eigenvalue weighted by atomic mass is 19.1. The maximum Gasteiger partial charge on any atom is 0.245 e. The molecule has 138 valence electrons. The molecule has 0 bridgehead atoms. The molecule has 0 spiro atoms. The first-order valence-corrected chi connectivity index (χ1v) is 8.87. The first-order valence-electron chi connectivity index (χ1n) is 8.87. The lowest BCUT2D eigenvalue weighted by Crippen LogP contribution is -2.33. The molecular weight excluding hydrogens is 348 g/mol. The highest BCUT2D eigenvalue weighted by molar-refractivity contribution is 5.95. The van der Waals surface area contributed by atoms with E-state index in [1.165, 1.54) is 18.2 Å². The Bertz CT molecular complexity index is 1000. The van der Waals surface area contributed by atoms with Crippen molar-refractivity contribution in [1.29, 1.82) is 0 Å². The summed E-state index contributed by atoms with van der Waals surface area (Å²) in [6, 6.07) is 12.4. The first kappa shape index (κ1) is 17.4. The lowest BCUT2D eigenvalue weighted by Gasteiger charge is -2.18. The number of hydrogen-bond donors (Lipinski definition) is 1. The van der Waals surface area contributed by atoms with E-state index in [4.69, 9.17) is 0 Å². The molecule has 1 aromatic heterocycles. The molecule has 4 nitrogen and oxygen atoms in total. The molecule has 0 radical (unpaired) electrons. The van der Waals surface area contributed by atoms with Gasteiger partial charge in [0.2, 0.25) is 5.91 Å². The molecule has 1 aliphatic rings. The number of aryl methyl sites for hydroxylation is 1. The molecule has 2 heterocycles. The van der Waals surface area contributed by atoms with Gasteiger partial charge in [0.25, 0.3) is 0 Å². The van der Waals surface area contributed by atoms with Gasteiger partial charge in [0.15, 0.2) is 0 Å². The van der Waals surface area contributed by atoms with Crippen molar-refractivity contribution < 1.29 is 13.6 Å². The zero-order chi connectivity index (χ0) is 19.0. The van der Waals surface area contributed by atoms with Crippen molar-refractivity contribution in [2.24, 2.45) is 0 Å². The summed E-state index contributed by atoms with van der Waals surface area (Å²) in [5.74, 6) is -0.688. The first-order chi connectivity index (χ1) is 13.0. The van der Waals surface area contributed by atoms with Gasteiger partial charge in [-0.15, -0.1) is 0 Å². The predicted octanol–water partition coefficient (Wildman–Crippen LogP) is 4.03. The number of carbonyl (C=O) groups excluding carboxylic acids is 1. The van der Waals surface area contributed by atoms with Crippen LogP contribution in [0.1, 0.15) is 17.7 Å². The molecule has 1 N–H and O–H groups in total. The van der Waals surface area contributed by atoms with Crippen molar-refractivity contribution in [2.75, 3.05) is 11.9 Å². The van der Waals surface area contributed by atoms with Crippen molar-refractivity contribution in [3.63, 3.8) is 0 Å². The van der Waals surface area contributed by atoms with Gasteiger partial charge in [0, 0.05) is 29.9 Å². The maximum absolute atomic E-state index is 14.1. The zero-order valence-corrected chi connectivity index (χ0v) is 14.9. The second kappa shape index (κ2) is 6.95. The van der Waals surface area contributed by atoms with Gasteiger partial charge in [-0.05, 0) is 43.2 Å². The minimum atomic E-state index is -0.380. The van der Waals surface area contributed by atoms with Gasteiger partial charge in [-0.2, -0.15) is 0 Å². The average Bonchev–Trinajstić information content (AvgIpc) is 2.98. The van der Waals surface area contributed by atoms with Gasteiger partial charge in [-0.25, -0.2) is 13.8 Å². The highest BCUT2D eigenvalue weighted by Crippen LogP contribution is 2.27. The van der Waals surface area contributed by atoms with Crippen LogP contribution in [0.25, 0.3) is 10.9 Å². The van der Waals surface area contributed by atoms with Crippen molar-refractivity contribution >= 4 is 22.5 Å². The van der Waals surface area contributed by atoms with Crippen LogP contribution >= 0.6 is 0 Å². The van der Waals surface area contributed by atoms with Gasteiger partial charge in [-0.1, -0.05) is 24.3 Å². The number of para-hydroxylation sites is 1. The van der Waals surface area contributed by atoms with Crippen LogP contribution in [-0.4, -0.2) is 28.4 Å². The van der Waals surface area contributed by atoms with Crippen LogP contribution in [0.3, 0.4) is 0 Å². The van der Waals surface area contributed by atoms with Crippen LogP contribution in [0.2, 0.25) is 0 Å². The number of carbonyl (C=O) groups is 1. The lowest BCUT2D eigenvalue weighted by atomic mass is 10.1. The molecule has 1 amide bonds. The van der Waals surface area contributed by atoms with Gasteiger partial charge < -0.3 is 10.2 Å². The largest absolute Gasteiger partial charge is 0.373 e. The Kier molecular flexibility index (Phi) is 4.48. The quantitative estimate of drug-likeness (QED) is 0.757. The van der Waals surface area contributed by atoms with Gasteiger partial charge in [-0.3, -0.25) is 4.79 Å². The molecule has 2 aromatic carbocycles. The van der Waals surface area contributed by atoms with Crippen LogP contribution in [0, 0.1) is 18.6 Å². The molecule has 6 heteroatoms. The van der Waals surface area contributed by atoms with Crippen molar-refractivity contribution in [3.8, 4) is 0 Å². The highest BCUT2D eigenvalue weighted by Gasteiger charge is 2.31. The molecule has 0 aliphatic carbocycles. The van der Waals surface area contributed by atoms with E-state index in [9.17, 15) is 13.6 Å². The van der Waals surface area contributed by atoms with E-state index in [1.807, 2.05) is 6.07 Å². The fourth-order valence-corrected chi connectivity index (χ4v) is 3.49. The monoisotopic (exact) mass is 367 g/mol. The minimum Gasteiger partial charge on any atom is -0.373 e. The summed E-state index contributed by atoms with van der Waals surface area (Å²) in [5.41, 5.74) is 2.58. The number of anilines is 1. The number of pyridine rings is 1. The van der Waals surface area contributed by atoms with E-state index in [0.29, 0.717) is 41.8 Å². The lowest BCUT2D eigenvalue weighted by molar-refractivity contribution is -0.128. The van der Waals surface area contributed by atoms with E-state index in [0.717, 1.165) is 5.56 Å². The van der Waals surface area contributed by atoms with Gasteiger partial charge in [0.1, 0.15) is 23.2 Å². The van der Waals surface area contributed by atoms with E-state index < -0.39 is 0 Å². The Hall–Kier alpha value is -3.02. The summed E-state index contributed by atoms with van der Waals surface area (Å²) in [7, 11) is 0. The Morgan fingerprint density at radius 1 is 1.19 bits per heavy atom. The molecule has 1 saturated heterocycles. The second-order valence-electron chi connectivity index (χ2n) is 6.82. The third-order valence-electron chi connectivity index (χ3n) is 4.83. The molecular formula is C21H19F2N3O. The molecule has 3 aromatic rings. The summed E-state index contributed by atoms with van der Waals surface area (Å²) in [6.45, 7) is 2.86. The smallest absolute Gasteiger partial charge is 0.245 e. The fourth-order valence-electron chi connectivity index (χ4n) is 3.49. The summed E-state index contributed by atoms with van der Waals surface area (Å²) in [5, 5.41) is 3.93. The average molecular weight is 367 g/mol. The number of nitrogens with zero attached hydrogens (tertiary/aromatic N) is 2. The van der Waals surface area contributed by atoms with Gasteiger partial charge >= 0.3 is 0 Å². The molecule has 4 rings (SSSR count). The van der Waals surface area contributed by atoms with Crippen LogP contribution < -0.4 is 5.32 Å². The van der Waals surface area contributed by atoms with Crippen molar-refractivity contribution in [1.82, 2.24) is 9.88 Å². The third-order valence-corrected chi connectivity index (χ3v) is 4.83. The number of benzene rings is 2. The number of halogens is 2. The summed E-state index contributed by atoms with van der Waals surface area (Å²) in [4.78, 5) is 18.8. The Morgan fingerprint density at radius 3 is 2.74 bits per heavy atom. The van der Waals surface area contributed by atoms with Crippen LogP contribution in [-0.2, 0) is 11.3 Å². The number of nitrogens with one attached hydrogen (secondary N) is 1. The number of amides is 1. The number of fused-ring (bicyclic) bond motifs is 1. The van der Waals surface area contributed by atoms with Crippen molar-refractivity contribution in [2.45, 2.75) is 25.9 Å². The summed E-state index contributed by atoms with van der Waals surface area (Å²) < 4.78 is 27.1. The number of likely N-dealkylation sites (tertiary alicyclic amines) is 1. The topological polar surface area (TPSA) is 45.2 Å². The van der Waals surface area contributed by atoms with E-state index in [1.54, 1.807) is 36.1 Å². The normalized spacial score (nSPS) is 16.9. The SMILES string of the molecule is Cc1cc(NC2CCN(Cc3ccc(F)cc3)C2=O)c2cccc(F)c2n1. The predicted molar refractivity (Wildman–Crippen MR) is 100 cm³/mol. The minimum absolute atomic E-state index is 0.0154. The number of rotatable bonds is 4. The zero-order valence-electron chi connectivity index (χ0n) is 14.9. The molecule has 1 unspecified atom stereocenters. The standard InChI is InChI=1S/C21H19F2N3O/c1-13-11-19(16-3-2-4-17(23)20(16)24-13)25-18-9-10-26(21(18)27)12-14-5-7-15(22)8-6-14/h2-8,11,18H,9-10,12H2,1H3,(H,24,25). The second-order valence-corrected chi connectivity index (χ2v) is 6.82. The fraction of sp³-hybridized carbons (Fsp3) is 0.238. The van der Waals surface area contributed by atoms with E-state index in [-0.39, 0.29) is 23.6 Å². The van der Waals surface area contributed by atoms with E-state index >= 15 is 0 Å².